The maximum atomic E-state index is 12.5. The van der Waals surface area contributed by atoms with E-state index in [0.717, 1.165) is 37.8 Å². The molecule has 0 atom stereocenters. The van der Waals surface area contributed by atoms with Gasteiger partial charge in [-0.25, -0.2) is 0 Å². The molecule has 104 valence electrons. The maximum absolute atomic E-state index is 12.5. The van der Waals surface area contributed by atoms with Gasteiger partial charge in [0.05, 0.1) is 0 Å². The Morgan fingerprint density at radius 3 is 1.83 bits per heavy atom. The average molecular weight is 287 g/mol. The number of nitrogens with one attached hydrogen (secondary N) is 1. The van der Waals surface area contributed by atoms with Crippen molar-refractivity contribution in [1.82, 2.24) is 0 Å². The van der Waals surface area contributed by atoms with Crippen LogP contribution in [0.15, 0.2) is 29.2 Å². The SMILES string of the molecule is FS(F)(F)(F)(F)c1ccc(NC2CCCC2)cc1. The van der Waals surface area contributed by atoms with Crippen molar-refractivity contribution in [2.45, 2.75) is 36.6 Å². The molecule has 1 aliphatic rings. The molecule has 1 nitrogen and oxygen atoms in total. The van der Waals surface area contributed by atoms with E-state index in [0.29, 0.717) is 17.8 Å². The molecule has 1 fully saturated rings. The number of halogens is 5. The van der Waals surface area contributed by atoms with E-state index in [-0.39, 0.29) is 6.04 Å². The van der Waals surface area contributed by atoms with Gasteiger partial charge in [-0.15, -0.1) is 0 Å². The Balaban J connectivity index is 2.16. The predicted molar refractivity (Wildman–Crippen MR) is 63.7 cm³/mol. The Labute approximate surface area is 102 Å². The molecule has 0 amide bonds. The van der Waals surface area contributed by atoms with Crippen LogP contribution < -0.4 is 5.32 Å². The van der Waals surface area contributed by atoms with Gasteiger partial charge in [-0.1, -0.05) is 32.3 Å². The Hall–Kier alpha value is -0.980. The zero-order valence-electron chi connectivity index (χ0n) is 9.51. The van der Waals surface area contributed by atoms with E-state index in [1.54, 1.807) is 0 Å². The normalized spacial score (nSPS) is 21.4. The van der Waals surface area contributed by atoms with Crippen LogP contribution in [0.2, 0.25) is 0 Å². The van der Waals surface area contributed by atoms with Crippen LogP contribution in [0.25, 0.3) is 0 Å². The molecule has 0 radical (unpaired) electrons. The lowest BCUT2D eigenvalue weighted by Crippen LogP contribution is -2.14. The summed E-state index contributed by atoms with van der Waals surface area (Å²) in [5, 5.41) is 3.05. The molecule has 0 saturated heterocycles. The number of rotatable bonds is 3. The highest BCUT2D eigenvalue weighted by molar-refractivity contribution is 8.45. The molecular weight excluding hydrogens is 273 g/mol. The largest absolute Gasteiger partial charge is 0.382 e. The van der Waals surface area contributed by atoms with Crippen LogP contribution in [-0.4, -0.2) is 6.04 Å². The van der Waals surface area contributed by atoms with Crippen molar-refractivity contribution in [3.8, 4) is 0 Å². The van der Waals surface area contributed by atoms with E-state index in [2.05, 4.69) is 5.32 Å². The molecule has 0 unspecified atom stereocenters. The summed E-state index contributed by atoms with van der Waals surface area (Å²) in [4.78, 5) is -1.84. The molecule has 1 N–H and O–H groups in total. The van der Waals surface area contributed by atoms with Crippen molar-refractivity contribution in [2.75, 3.05) is 5.32 Å². The Bertz CT molecular complexity index is 432. The van der Waals surface area contributed by atoms with E-state index >= 15 is 0 Å². The van der Waals surface area contributed by atoms with Gasteiger partial charge in [0.2, 0.25) is 0 Å². The molecule has 0 spiro atoms. The highest BCUT2D eigenvalue weighted by Gasteiger charge is 2.65. The molecular formula is C11H14F5NS. The molecule has 7 heteroatoms. The van der Waals surface area contributed by atoms with Gasteiger partial charge in [-0.05, 0) is 37.1 Å². The summed E-state index contributed by atoms with van der Waals surface area (Å²) >= 11 is 0. The molecule has 2 rings (SSSR count). The van der Waals surface area contributed by atoms with E-state index in [1.165, 1.54) is 0 Å². The standard InChI is InChI=1S/C11H14F5NS/c12-18(13,14,15,16)11-7-5-10(6-8-11)17-9-3-1-2-4-9/h5-9,17H,1-4H2. The fraction of sp³-hybridized carbons (Fsp3) is 0.455. The topological polar surface area (TPSA) is 12.0 Å². The lowest BCUT2D eigenvalue weighted by atomic mass is 10.2. The van der Waals surface area contributed by atoms with Crippen molar-refractivity contribution in [1.29, 1.82) is 0 Å². The lowest BCUT2D eigenvalue weighted by molar-refractivity contribution is 0.364. The number of benzene rings is 1. The van der Waals surface area contributed by atoms with Crippen LogP contribution in [0.1, 0.15) is 25.7 Å². The second kappa shape index (κ2) is 3.53. The highest BCUT2D eigenvalue weighted by Crippen LogP contribution is 3.02. The summed E-state index contributed by atoms with van der Waals surface area (Å²) in [5.41, 5.74) is 0.451. The van der Waals surface area contributed by atoms with Crippen molar-refractivity contribution in [3.63, 3.8) is 0 Å². The first kappa shape index (κ1) is 13.5. The van der Waals surface area contributed by atoms with Gasteiger partial charge in [0.15, 0.2) is 0 Å². The van der Waals surface area contributed by atoms with Crippen LogP contribution in [0.5, 0.6) is 0 Å². The summed E-state index contributed by atoms with van der Waals surface area (Å²) in [6.07, 6.45) is 4.09. The van der Waals surface area contributed by atoms with Gasteiger partial charge < -0.3 is 5.32 Å². The third-order valence-corrected chi connectivity index (χ3v) is 4.19. The number of hydrogen-bond donors (Lipinski definition) is 1. The van der Waals surface area contributed by atoms with Crippen molar-refractivity contribution < 1.29 is 19.4 Å². The fourth-order valence-corrected chi connectivity index (χ4v) is 2.76. The van der Waals surface area contributed by atoms with Crippen LogP contribution in [0.4, 0.5) is 25.1 Å². The molecule has 18 heavy (non-hydrogen) atoms. The van der Waals surface area contributed by atoms with Crippen molar-refractivity contribution in [3.05, 3.63) is 24.3 Å². The van der Waals surface area contributed by atoms with Gasteiger partial charge in [0, 0.05) is 11.7 Å². The Morgan fingerprint density at radius 2 is 1.39 bits per heavy atom. The van der Waals surface area contributed by atoms with Gasteiger partial charge in [-0.3, -0.25) is 0 Å². The summed E-state index contributed by atoms with van der Waals surface area (Å²) in [5.74, 6) is 0. The Kier molecular flexibility index (Phi) is 2.63. The number of anilines is 1. The smallest absolute Gasteiger partial charge is 0.310 e. The van der Waals surface area contributed by atoms with E-state index in [9.17, 15) is 19.4 Å². The molecule has 1 aromatic rings. The van der Waals surface area contributed by atoms with Crippen LogP contribution in [0, 0.1) is 0 Å². The zero-order valence-corrected chi connectivity index (χ0v) is 10.3. The van der Waals surface area contributed by atoms with Gasteiger partial charge in [-0.2, -0.15) is 0 Å². The number of hydrogen-bond acceptors (Lipinski definition) is 1. The first-order valence-corrected chi connectivity index (χ1v) is 7.60. The average Bonchev–Trinajstić information content (AvgIpc) is 2.67. The quantitative estimate of drug-likeness (QED) is 0.703. The van der Waals surface area contributed by atoms with E-state index < -0.39 is 15.1 Å². The van der Waals surface area contributed by atoms with Crippen molar-refractivity contribution >= 4 is 15.9 Å². The summed E-state index contributed by atoms with van der Waals surface area (Å²) < 4.78 is 62.3. The molecule has 0 aliphatic heterocycles. The predicted octanol–water partition coefficient (Wildman–Crippen LogP) is 5.70. The maximum Gasteiger partial charge on any atom is 0.310 e. The summed E-state index contributed by atoms with van der Waals surface area (Å²) in [6, 6.07) is 3.24. The molecule has 0 bridgehead atoms. The minimum absolute atomic E-state index is 0.232. The molecule has 0 heterocycles. The summed E-state index contributed by atoms with van der Waals surface area (Å²) in [7, 11) is -9.53. The third kappa shape index (κ3) is 3.28. The van der Waals surface area contributed by atoms with Crippen LogP contribution in [-0.2, 0) is 0 Å². The van der Waals surface area contributed by atoms with Crippen LogP contribution >= 0.6 is 10.2 Å². The summed E-state index contributed by atoms with van der Waals surface area (Å²) in [6.45, 7) is 0. The fourth-order valence-electron chi connectivity index (χ4n) is 2.11. The minimum atomic E-state index is -9.53. The minimum Gasteiger partial charge on any atom is -0.382 e. The lowest BCUT2D eigenvalue weighted by Gasteiger charge is -2.40. The van der Waals surface area contributed by atoms with Crippen LogP contribution in [0.3, 0.4) is 0 Å². The Morgan fingerprint density at radius 1 is 0.889 bits per heavy atom. The molecule has 0 aromatic heterocycles. The van der Waals surface area contributed by atoms with Gasteiger partial charge in [0.1, 0.15) is 4.90 Å². The molecule has 1 aliphatic carbocycles. The highest BCUT2D eigenvalue weighted by atomic mass is 32.5. The van der Waals surface area contributed by atoms with Gasteiger partial charge in [0.25, 0.3) is 0 Å². The monoisotopic (exact) mass is 287 g/mol. The first-order valence-electron chi connectivity index (χ1n) is 5.65. The van der Waals surface area contributed by atoms with E-state index in [4.69, 9.17) is 0 Å². The van der Waals surface area contributed by atoms with Crippen molar-refractivity contribution in [2.24, 2.45) is 0 Å². The van der Waals surface area contributed by atoms with E-state index in [1.807, 2.05) is 0 Å². The zero-order chi connectivity index (χ0) is 13.5. The molecule has 1 aromatic carbocycles. The second-order valence-corrected chi connectivity index (χ2v) is 7.03. The second-order valence-electron chi connectivity index (χ2n) is 4.62. The van der Waals surface area contributed by atoms with Gasteiger partial charge >= 0.3 is 10.2 Å². The molecule has 1 saturated carbocycles. The first-order chi connectivity index (χ1) is 8.04. The third-order valence-electron chi connectivity index (χ3n) is 3.03.